The molecule has 0 saturated carbocycles. The lowest BCUT2D eigenvalue weighted by atomic mass is 10.1. The zero-order chi connectivity index (χ0) is 23.0. The fraction of sp³-hybridized carbons (Fsp3) is 0.136. The van der Waals surface area contributed by atoms with Crippen molar-refractivity contribution in [2.45, 2.75) is 11.4 Å². The quantitative estimate of drug-likeness (QED) is 0.336. The van der Waals surface area contributed by atoms with E-state index in [1.165, 1.54) is 12.1 Å². The monoisotopic (exact) mass is 470 g/mol. The van der Waals surface area contributed by atoms with Gasteiger partial charge < -0.3 is 5.73 Å². The van der Waals surface area contributed by atoms with Crippen molar-refractivity contribution in [3.8, 4) is 0 Å². The highest BCUT2D eigenvalue weighted by molar-refractivity contribution is 7.89. The fourth-order valence-electron chi connectivity index (χ4n) is 3.54. The van der Waals surface area contributed by atoms with Crippen LogP contribution < -0.4 is 5.73 Å². The average molecular weight is 471 g/mol. The zero-order valence-corrected chi connectivity index (χ0v) is 18.4. The van der Waals surface area contributed by atoms with Gasteiger partial charge in [0.25, 0.3) is 0 Å². The average Bonchev–Trinajstić information content (AvgIpc) is 2.75. The lowest BCUT2D eigenvalue weighted by Crippen LogP contribution is -2.55. The molecule has 0 bridgehead atoms. The van der Waals surface area contributed by atoms with E-state index in [4.69, 9.17) is 22.7 Å². The van der Waals surface area contributed by atoms with Crippen molar-refractivity contribution in [2.75, 3.05) is 13.1 Å². The van der Waals surface area contributed by atoms with Gasteiger partial charge in [-0.2, -0.15) is 4.31 Å². The van der Waals surface area contributed by atoms with Crippen molar-refractivity contribution < 1.29 is 18.0 Å². The Morgan fingerprint density at radius 1 is 0.969 bits per heavy atom. The van der Waals surface area contributed by atoms with E-state index in [9.17, 15) is 18.0 Å². The van der Waals surface area contributed by atoms with Crippen LogP contribution in [0.4, 0.5) is 0 Å². The minimum atomic E-state index is -4.06. The maximum absolute atomic E-state index is 13.1. The normalized spacial score (nSPS) is 15.3. The highest BCUT2D eigenvalue weighted by Gasteiger charge is 2.37. The molecule has 0 unspecified atom stereocenters. The number of carbonyl (C=O) groups is 2. The van der Waals surface area contributed by atoms with Crippen LogP contribution in [0.3, 0.4) is 0 Å². The molecule has 1 saturated heterocycles. The summed E-state index contributed by atoms with van der Waals surface area (Å²) in [5.41, 5.74) is 6.58. The summed E-state index contributed by atoms with van der Waals surface area (Å²) in [4.78, 5) is 26.4. The topological polar surface area (TPSA) is 125 Å². The molecule has 1 fully saturated rings. The number of amides is 2. The lowest BCUT2D eigenvalue weighted by Gasteiger charge is -2.32. The van der Waals surface area contributed by atoms with Crippen LogP contribution in [0.15, 0.2) is 65.6 Å². The molecule has 0 radical (unpaired) electrons. The molecule has 3 N–H and O–H groups in total. The molecule has 1 aliphatic rings. The van der Waals surface area contributed by atoms with E-state index in [2.05, 4.69) is 0 Å². The minimum absolute atomic E-state index is 0.00414. The molecule has 0 aliphatic carbocycles. The number of carbonyl (C=O) groups excluding carboxylic acids is 2. The highest BCUT2D eigenvalue weighted by atomic mass is 35.5. The summed E-state index contributed by atoms with van der Waals surface area (Å²) < 4.78 is 27.1. The van der Waals surface area contributed by atoms with Gasteiger partial charge in [-0.3, -0.25) is 19.9 Å². The van der Waals surface area contributed by atoms with E-state index < -0.39 is 34.9 Å². The summed E-state index contributed by atoms with van der Waals surface area (Å²) in [5, 5.41) is 9.51. The highest BCUT2D eigenvalue weighted by Crippen LogP contribution is 2.25. The van der Waals surface area contributed by atoms with Crippen molar-refractivity contribution in [3.05, 3.63) is 76.8 Å². The maximum atomic E-state index is 13.1. The van der Waals surface area contributed by atoms with Gasteiger partial charge in [0.05, 0.1) is 24.5 Å². The van der Waals surface area contributed by atoms with Crippen LogP contribution in [0, 0.1) is 5.41 Å². The standard InChI is InChI=1S/C22H19ClN4O4S/c23-18-6-4-16-10-19(7-5-15(16)9-18)32(30,31)26-12-20(28)27(21(29)13-26)11-14-2-1-3-17(8-14)22(24)25/h1-10H,11-13H2,(H3,24,25). The van der Waals surface area contributed by atoms with Crippen LogP contribution in [0.5, 0.6) is 0 Å². The van der Waals surface area contributed by atoms with Crippen molar-refractivity contribution in [1.29, 1.82) is 5.41 Å². The first-order valence-corrected chi connectivity index (χ1v) is 11.4. The van der Waals surface area contributed by atoms with Crippen LogP contribution >= 0.6 is 11.6 Å². The molecule has 2 amide bonds. The fourth-order valence-corrected chi connectivity index (χ4v) is 5.09. The largest absolute Gasteiger partial charge is 0.384 e. The van der Waals surface area contributed by atoms with Gasteiger partial charge in [-0.1, -0.05) is 41.9 Å². The number of sulfonamides is 1. The number of hydrogen-bond donors (Lipinski definition) is 2. The first-order valence-electron chi connectivity index (χ1n) is 9.61. The molecule has 0 atom stereocenters. The molecule has 0 aromatic heterocycles. The van der Waals surface area contributed by atoms with Crippen LogP contribution in [0.2, 0.25) is 5.02 Å². The number of amidine groups is 1. The number of rotatable bonds is 5. The number of nitrogens with two attached hydrogens (primary N) is 1. The Labute approximate surface area is 189 Å². The third-order valence-corrected chi connectivity index (χ3v) is 7.24. The molecular weight excluding hydrogens is 452 g/mol. The first kappa shape index (κ1) is 21.9. The van der Waals surface area contributed by atoms with Crippen LogP contribution in [-0.2, 0) is 26.2 Å². The molecule has 164 valence electrons. The van der Waals surface area contributed by atoms with E-state index in [1.54, 1.807) is 48.5 Å². The van der Waals surface area contributed by atoms with Crippen LogP contribution in [0.25, 0.3) is 10.8 Å². The number of halogens is 1. The van der Waals surface area contributed by atoms with Crippen molar-refractivity contribution in [2.24, 2.45) is 5.73 Å². The van der Waals surface area contributed by atoms with Crippen molar-refractivity contribution >= 4 is 50.0 Å². The van der Waals surface area contributed by atoms with Gasteiger partial charge in [-0.05, 0) is 46.7 Å². The minimum Gasteiger partial charge on any atom is -0.384 e. The van der Waals surface area contributed by atoms with E-state index in [0.717, 1.165) is 14.6 Å². The third kappa shape index (κ3) is 4.22. The Kier molecular flexibility index (Phi) is 5.72. The van der Waals surface area contributed by atoms with Gasteiger partial charge >= 0.3 is 0 Å². The molecule has 4 rings (SSSR count). The number of nitrogen functional groups attached to an aromatic ring is 1. The third-order valence-electron chi connectivity index (χ3n) is 5.22. The predicted molar refractivity (Wildman–Crippen MR) is 121 cm³/mol. The summed E-state index contributed by atoms with van der Waals surface area (Å²) in [7, 11) is -4.06. The van der Waals surface area contributed by atoms with Gasteiger partial charge in [0.1, 0.15) is 5.84 Å². The van der Waals surface area contributed by atoms with Crippen molar-refractivity contribution in [3.63, 3.8) is 0 Å². The Balaban J connectivity index is 1.55. The summed E-state index contributed by atoms with van der Waals surface area (Å²) in [6.07, 6.45) is 0. The number of benzene rings is 3. The van der Waals surface area contributed by atoms with E-state index >= 15 is 0 Å². The van der Waals surface area contributed by atoms with Gasteiger partial charge in [0.2, 0.25) is 21.8 Å². The van der Waals surface area contributed by atoms with E-state index in [1.807, 2.05) is 0 Å². The molecular formula is C22H19ClN4O4S. The first-order chi connectivity index (χ1) is 15.1. The SMILES string of the molecule is N=C(N)c1cccc(CN2C(=O)CN(S(=O)(=O)c3ccc4cc(Cl)ccc4c3)CC2=O)c1. The van der Waals surface area contributed by atoms with E-state index in [0.29, 0.717) is 21.5 Å². The number of piperazine rings is 1. The summed E-state index contributed by atoms with van der Waals surface area (Å²) >= 11 is 5.98. The second kappa shape index (κ2) is 8.34. The predicted octanol–water partition coefficient (Wildman–Crippen LogP) is 2.34. The number of fused-ring (bicyclic) bond motifs is 1. The second-order valence-corrected chi connectivity index (χ2v) is 9.79. The molecule has 1 aliphatic heterocycles. The molecule has 0 spiro atoms. The maximum Gasteiger partial charge on any atom is 0.244 e. The second-order valence-electron chi connectivity index (χ2n) is 7.41. The molecule has 8 nitrogen and oxygen atoms in total. The zero-order valence-electron chi connectivity index (χ0n) is 16.8. The molecule has 3 aromatic rings. The Bertz CT molecular complexity index is 1360. The molecule has 32 heavy (non-hydrogen) atoms. The lowest BCUT2D eigenvalue weighted by molar-refractivity contribution is -0.149. The number of hydrogen-bond acceptors (Lipinski definition) is 5. The van der Waals surface area contributed by atoms with Crippen LogP contribution in [-0.4, -0.2) is 48.4 Å². The molecule has 10 heteroatoms. The van der Waals surface area contributed by atoms with Gasteiger partial charge in [0.15, 0.2) is 0 Å². The molecule has 3 aromatic carbocycles. The van der Waals surface area contributed by atoms with Crippen molar-refractivity contribution in [1.82, 2.24) is 9.21 Å². The van der Waals surface area contributed by atoms with Gasteiger partial charge in [-0.25, -0.2) is 8.42 Å². The Morgan fingerprint density at radius 3 is 2.31 bits per heavy atom. The van der Waals surface area contributed by atoms with Gasteiger partial charge in [0, 0.05) is 10.6 Å². The Morgan fingerprint density at radius 2 is 1.62 bits per heavy atom. The smallest absolute Gasteiger partial charge is 0.244 e. The number of nitrogens with one attached hydrogen (secondary N) is 1. The summed E-state index contributed by atoms with van der Waals surface area (Å²) in [6.45, 7) is -0.915. The van der Waals surface area contributed by atoms with Gasteiger partial charge in [-0.15, -0.1) is 0 Å². The summed E-state index contributed by atoms with van der Waals surface area (Å²) in [6, 6.07) is 16.3. The summed E-state index contributed by atoms with van der Waals surface area (Å²) in [5.74, 6) is -1.37. The van der Waals surface area contributed by atoms with E-state index in [-0.39, 0.29) is 17.3 Å². The Hall–Kier alpha value is -3.27. The molecule has 1 heterocycles. The number of imide groups is 1. The van der Waals surface area contributed by atoms with Crippen LogP contribution in [0.1, 0.15) is 11.1 Å². The number of nitrogens with zero attached hydrogens (tertiary/aromatic N) is 2.